The second-order valence-electron chi connectivity index (χ2n) is 11.6. The Balaban J connectivity index is 1.03. The molecule has 232 valence electrons. The number of rotatable bonds is 8. The highest BCUT2D eigenvalue weighted by Crippen LogP contribution is 2.40. The smallest absolute Gasteiger partial charge is 0.259 e. The SMILES string of the molecule is COc1cc(-c2cn(C)c(=O)c3ccsc23)cc(OC)c1CN1CC(Oc2ccc3c(c2)C(=O)N(C2CCC(=O)NC2=O)C3)C1. The molecule has 4 aromatic rings. The van der Waals surface area contributed by atoms with Gasteiger partial charge in [-0.2, -0.15) is 0 Å². The van der Waals surface area contributed by atoms with Crippen LogP contribution in [0, 0.1) is 0 Å². The Labute approximate surface area is 262 Å². The molecule has 0 saturated carbocycles. The first kappa shape index (κ1) is 29.1. The van der Waals surface area contributed by atoms with Crippen molar-refractivity contribution in [1.29, 1.82) is 0 Å². The Morgan fingerprint density at radius 1 is 0.978 bits per heavy atom. The quantitative estimate of drug-likeness (QED) is 0.296. The minimum Gasteiger partial charge on any atom is -0.496 e. The van der Waals surface area contributed by atoms with E-state index in [2.05, 4.69) is 10.2 Å². The third kappa shape index (κ3) is 5.13. The van der Waals surface area contributed by atoms with Gasteiger partial charge in [-0.25, -0.2) is 0 Å². The van der Waals surface area contributed by atoms with Crippen LogP contribution in [0.4, 0.5) is 0 Å². The van der Waals surface area contributed by atoms with Gasteiger partial charge in [0, 0.05) is 61.7 Å². The number of amides is 3. The predicted molar refractivity (Wildman–Crippen MR) is 168 cm³/mol. The number of hydrogen-bond donors (Lipinski definition) is 1. The molecule has 3 aliphatic heterocycles. The second-order valence-corrected chi connectivity index (χ2v) is 12.6. The van der Waals surface area contributed by atoms with Crippen LogP contribution in [0.2, 0.25) is 0 Å². The molecule has 3 aliphatic rings. The third-order valence-corrected chi connectivity index (χ3v) is 9.76. The standard InChI is InChI=1S/C33H32N4O7S/c1-35-16-24(30-22(32(35)40)8-9-45-30)19-10-27(42-2)25(28(11-19)43-3)17-36-14-21(15-36)44-20-5-4-18-13-37(33(41)23(18)12-20)26-6-7-29(38)34-31(26)39/h4-5,8-12,16,21,26H,6-7,13-15,17H2,1-3H3,(H,34,38,39). The van der Waals surface area contributed by atoms with Crippen LogP contribution < -0.4 is 25.1 Å². The summed E-state index contributed by atoms with van der Waals surface area (Å²) in [5.74, 6) is 1.05. The number of pyridine rings is 1. The highest BCUT2D eigenvalue weighted by atomic mass is 32.1. The average Bonchev–Trinajstić information content (AvgIpc) is 3.63. The minimum atomic E-state index is -0.645. The number of fused-ring (bicyclic) bond motifs is 2. The topological polar surface area (TPSA) is 119 Å². The monoisotopic (exact) mass is 628 g/mol. The van der Waals surface area contributed by atoms with Crippen LogP contribution >= 0.6 is 11.3 Å². The van der Waals surface area contributed by atoms with Gasteiger partial charge in [-0.3, -0.25) is 29.4 Å². The van der Waals surface area contributed by atoms with E-state index >= 15 is 0 Å². The van der Waals surface area contributed by atoms with E-state index in [0.29, 0.717) is 60.8 Å². The van der Waals surface area contributed by atoms with E-state index in [0.717, 1.165) is 27.0 Å². The number of thiophene rings is 1. The number of ether oxygens (including phenoxy) is 3. The third-order valence-electron chi connectivity index (χ3n) is 8.81. The number of nitrogens with zero attached hydrogens (tertiary/aromatic N) is 3. The molecule has 45 heavy (non-hydrogen) atoms. The number of methoxy groups -OCH3 is 2. The number of piperidine rings is 1. The fourth-order valence-corrected chi connectivity index (χ4v) is 7.36. The van der Waals surface area contributed by atoms with Crippen LogP contribution in [0.25, 0.3) is 21.2 Å². The summed E-state index contributed by atoms with van der Waals surface area (Å²) in [6.07, 6.45) is 2.35. The first-order valence-electron chi connectivity index (χ1n) is 14.7. The van der Waals surface area contributed by atoms with Gasteiger partial charge >= 0.3 is 0 Å². The number of likely N-dealkylation sites (tertiary alicyclic amines) is 1. The van der Waals surface area contributed by atoms with Crippen LogP contribution in [-0.4, -0.2) is 71.5 Å². The minimum absolute atomic E-state index is 0.0270. The first-order chi connectivity index (χ1) is 21.7. The molecule has 0 radical (unpaired) electrons. The van der Waals surface area contributed by atoms with E-state index in [4.69, 9.17) is 14.2 Å². The van der Waals surface area contributed by atoms with Gasteiger partial charge in [0.2, 0.25) is 11.8 Å². The first-order valence-corrected chi connectivity index (χ1v) is 15.6. The van der Waals surface area contributed by atoms with Crippen LogP contribution in [0.15, 0.2) is 52.8 Å². The van der Waals surface area contributed by atoms with Gasteiger partial charge in [-0.05, 0) is 53.3 Å². The largest absolute Gasteiger partial charge is 0.496 e. The lowest BCUT2D eigenvalue weighted by Gasteiger charge is -2.39. The zero-order valence-corrected chi connectivity index (χ0v) is 25.9. The molecule has 7 rings (SSSR count). The maximum absolute atomic E-state index is 13.2. The molecule has 2 fully saturated rings. The second kappa shape index (κ2) is 11.4. The fourth-order valence-electron chi connectivity index (χ4n) is 6.44. The lowest BCUT2D eigenvalue weighted by atomic mass is 10.0. The number of carbonyl (C=O) groups is 3. The van der Waals surface area contributed by atoms with Gasteiger partial charge in [0.25, 0.3) is 11.5 Å². The Bertz CT molecular complexity index is 1900. The molecule has 0 spiro atoms. The Hall–Kier alpha value is -4.68. The number of aromatic nitrogens is 1. The van der Waals surface area contributed by atoms with Gasteiger partial charge < -0.3 is 23.7 Å². The molecule has 0 bridgehead atoms. The normalized spacial score (nSPS) is 18.6. The zero-order valence-electron chi connectivity index (χ0n) is 25.1. The van der Waals surface area contributed by atoms with Crippen LogP contribution in [0.3, 0.4) is 0 Å². The molecule has 0 aliphatic carbocycles. The molecule has 11 nitrogen and oxygen atoms in total. The summed E-state index contributed by atoms with van der Waals surface area (Å²) in [5.41, 5.74) is 4.11. The van der Waals surface area contributed by atoms with Crippen molar-refractivity contribution < 1.29 is 28.6 Å². The number of hydrogen-bond acceptors (Lipinski definition) is 9. The van der Waals surface area contributed by atoms with Gasteiger partial charge in [0.05, 0.1) is 25.2 Å². The van der Waals surface area contributed by atoms with Crippen LogP contribution in [0.5, 0.6) is 17.2 Å². The molecule has 2 aromatic carbocycles. The van der Waals surface area contributed by atoms with Crippen molar-refractivity contribution in [1.82, 2.24) is 19.7 Å². The van der Waals surface area contributed by atoms with Gasteiger partial charge in [-0.1, -0.05) is 6.07 Å². The number of benzene rings is 2. The molecule has 12 heteroatoms. The number of carbonyl (C=O) groups excluding carboxylic acids is 3. The summed E-state index contributed by atoms with van der Waals surface area (Å²) < 4.78 is 20.4. The lowest BCUT2D eigenvalue weighted by molar-refractivity contribution is -0.136. The predicted octanol–water partition coefficient (Wildman–Crippen LogP) is 3.31. The van der Waals surface area contributed by atoms with Gasteiger partial charge in [0.1, 0.15) is 29.4 Å². The van der Waals surface area contributed by atoms with E-state index in [1.54, 1.807) is 31.9 Å². The molecule has 3 amide bonds. The van der Waals surface area contributed by atoms with Crippen molar-refractivity contribution in [3.63, 3.8) is 0 Å². The lowest BCUT2D eigenvalue weighted by Crippen LogP contribution is -2.53. The summed E-state index contributed by atoms with van der Waals surface area (Å²) in [6.45, 7) is 2.29. The fraction of sp³-hybridized carbons (Fsp3) is 0.333. The Morgan fingerprint density at radius 3 is 2.44 bits per heavy atom. The molecule has 1 atom stereocenters. The van der Waals surface area contributed by atoms with Crippen molar-refractivity contribution in [2.45, 2.75) is 38.1 Å². The van der Waals surface area contributed by atoms with E-state index in [1.807, 2.05) is 41.9 Å². The summed E-state index contributed by atoms with van der Waals surface area (Å²) in [4.78, 5) is 53.4. The van der Waals surface area contributed by atoms with Crippen LogP contribution in [-0.2, 0) is 29.7 Å². The van der Waals surface area contributed by atoms with Gasteiger partial charge in [0.15, 0.2) is 0 Å². The highest BCUT2D eigenvalue weighted by molar-refractivity contribution is 7.17. The average molecular weight is 629 g/mol. The van der Waals surface area contributed by atoms with Crippen molar-refractivity contribution in [3.05, 3.63) is 75.0 Å². The van der Waals surface area contributed by atoms with Crippen molar-refractivity contribution in [3.8, 4) is 28.4 Å². The summed E-state index contributed by atoms with van der Waals surface area (Å²) >= 11 is 1.53. The maximum Gasteiger partial charge on any atom is 0.259 e. The van der Waals surface area contributed by atoms with Crippen LogP contribution in [0.1, 0.15) is 34.3 Å². The molecule has 1 N–H and O–H groups in total. The summed E-state index contributed by atoms with van der Waals surface area (Å²) in [7, 11) is 5.04. The number of nitrogens with one attached hydrogen (secondary N) is 1. The molecule has 1 unspecified atom stereocenters. The van der Waals surface area contributed by atoms with E-state index in [-0.39, 0.29) is 29.9 Å². The summed E-state index contributed by atoms with van der Waals surface area (Å²) in [5, 5.41) is 4.95. The van der Waals surface area contributed by atoms with Crippen molar-refractivity contribution in [2.75, 3.05) is 27.3 Å². The maximum atomic E-state index is 13.2. The molecular formula is C33H32N4O7S. The Morgan fingerprint density at radius 2 is 1.73 bits per heavy atom. The zero-order chi connectivity index (χ0) is 31.4. The molecule has 2 aromatic heterocycles. The summed E-state index contributed by atoms with van der Waals surface area (Å²) in [6, 6.07) is 10.7. The van der Waals surface area contributed by atoms with Crippen molar-refractivity contribution in [2.24, 2.45) is 7.05 Å². The number of aryl methyl sites for hydroxylation is 1. The molecule has 5 heterocycles. The Kier molecular flexibility index (Phi) is 7.33. The van der Waals surface area contributed by atoms with Gasteiger partial charge in [-0.15, -0.1) is 11.3 Å². The number of imide groups is 1. The van der Waals surface area contributed by atoms with E-state index in [9.17, 15) is 19.2 Å². The van der Waals surface area contributed by atoms with Crippen molar-refractivity contribution >= 4 is 39.1 Å². The van der Waals surface area contributed by atoms with E-state index < -0.39 is 11.9 Å². The molecular weight excluding hydrogens is 596 g/mol. The highest BCUT2D eigenvalue weighted by Gasteiger charge is 2.39. The van der Waals surface area contributed by atoms with E-state index in [1.165, 1.54) is 16.2 Å². The molecule has 2 saturated heterocycles.